The Morgan fingerprint density at radius 3 is 2.53 bits per heavy atom. The minimum absolute atomic E-state index is 0.0796. The molecule has 162 valence electrons. The molecular formula is C24H22N4O3S. The number of amides is 1. The number of carbonyl (C=O) groups is 2. The van der Waals surface area contributed by atoms with Gasteiger partial charge in [-0.1, -0.05) is 42.1 Å². The Morgan fingerprint density at radius 2 is 1.78 bits per heavy atom. The number of nitrogens with one attached hydrogen (secondary N) is 1. The number of para-hydroxylation sites is 2. The van der Waals surface area contributed by atoms with Gasteiger partial charge in [-0.25, -0.2) is 0 Å². The lowest BCUT2D eigenvalue weighted by molar-refractivity contribution is -0.116. The van der Waals surface area contributed by atoms with Gasteiger partial charge in [-0.2, -0.15) is 0 Å². The van der Waals surface area contributed by atoms with E-state index >= 15 is 0 Å². The highest BCUT2D eigenvalue weighted by Crippen LogP contribution is 2.28. The van der Waals surface area contributed by atoms with Crippen LogP contribution in [0, 0.1) is 0 Å². The molecule has 0 atom stereocenters. The molecule has 2 aromatic carbocycles. The van der Waals surface area contributed by atoms with Crippen molar-refractivity contribution in [2.45, 2.75) is 24.9 Å². The largest absolute Gasteiger partial charge is 0.461 e. The highest BCUT2D eigenvalue weighted by molar-refractivity contribution is 7.99. The van der Waals surface area contributed by atoms with Gasteiger partial charge in [-0.3, -0.25) is 14.2 Å². The maximum Gasteiger partial charge on any atom is 0.224 e. The lowest BCUT2D eigenvalue weighted by atomic mass is 10.1. The Labute approximate surface area is 189 Å². The molecule has 0 unspecified atom stereocenters. The van der Waals surface area contributed by atoms with Crippen molar-refractivity contribution >= 4 is 29.1 Å². The zero-order valence-corrected chi connectivity index (χ0v) is 18.3. The number of hydrogen-bond donors (Lipinski definition) is 1. The number of nitrogens with zero attached hydrogens (tertiary/aromatic N) is 3. The summed E-state index contributed by atoms with van der Waals surface area (Å²) in [6.07, 6.45) is 2.59. The van der Waals surface area contributed by atoms with E-state index in [4.69, 9.17) is 4.42 Å². The molecule has 8 heteroatoms. The minimum atomic E-state index is -0.125. The van der Waals surface area contributed by atoms with Crippen LogP contribution in [0.2, 0.25) is 0 Å². The fourth-order valence-electron chi connectivity index (χ4n) is 3.25. The van der Waals surface area contributed by atoms with Crippen LogP contribution in [0.5, 0.6) is 0 Å². The number of carbonyl (C=O) groups excluding carboxylic acids is 2. The minimum Gasteiger partial charge on any atom is -0.461 e. The lowest BCUT2D eigenvalue weighted by Crippen LogP contribution is -2.14. The van der Waals surface area contributed by atoms with Gasteiger partial charge >= 0.3 is 0 Å². The predicted molar refractivity (Wildman–Crippen MR) is 124 cm³/mol. The molecule has 0 bridgehead atoms. The quantitative estimate of drug-likeness (QED) is 0.215. The van der Waals surface area contributed by atoms with E-state index in [0.717, 1.165) is 10.8 Å². The first-order chi connectivity index (χ1) is 15.6. The third kappa shape index (κ3) is 4.97. The van der Waals surface area contributed by atoms with Crippen molar-refractivity contribution in [3.63, 3.8) is 0 Å². The first-order valence-corrected chi connectivity index (χ1v) is 11.2. The number of rotatable bonds is 9. The number of Topliss-reactive ketones (excluding diaryl/α,β-unsaturated/α-hetero) is 1. The Morgan fingerprint density at radius 1 is 1.00 bits per heavy atom. The van der Waals surface area contributed by atoms with Crippen LogP contribution in [0.25, 0.3) is 17.3 Å². The molecule has 1 N–H and O–H groups in total. The summed E-state index contributed by atoms with van der Waals surface area (Å²) in [6, 6.07) is 20.5. The molecule has 7 nitrogen and oxygen atoms in total. The molecule has 0 saturated heterocycles. The monoisotopic (exact) mass is 446 g/mol. The van der Waals surface area contributed by atoms with Crippen LogP contribution in [0.1, 0.15) is 30.1 Å². The average molecular weight is 447 g/mol. The summed E-state index contributed by atoms with van der Waals surface area (Å²) in [4.78, 5) is 24.1. The van der Waals surface area contributed by atoms with E-state index in [1.165, 1.54) is 18.7 Å². The van der Waals surface area contributed by atoms with Gasteiger partial charge in [0.15, 0.2) is 16.7 Å². The van der Waals surface area contributed by atoms with E-state index in [-0.39, 0.29) is 11.7 Å². The van der Waals surface area contributed by atoms with Crippen LogP contribution in [-0.2, 0) is 4.79 Å². The van der Waals surface area contributed by atoms with Crippen LogP contribution in [-0.4, -0.2) is 32.2 Å². The van der Waals surface area contributed by atoms with E-state index in [1.807, 2.05) is 47.0 Å². The number of hydrogen-bond acceptors (Lipinski definition) is 6. The van der Waals surface area contributed by atoms with Gasteiger partial charge in [0.25, 0.3) is 0 Å². The van der Waals surface area contributed by atoms with Gasteiger partial charge in [-0.05, 0) is 49.7 Å². The summed E-state index contributed by atoms with van der Waals surface area (Å²) in [5, 5.41) is 12.2. The SMILES string of the molecule is CC(=O)c1ccccc1NC(=O)CCCSc1nnc(-c2ccco2)n1-c1ccccc1. The fourth-order valence-corrected chi connectivity index (χ4v) is 4.14. The lowest BCUT2D eigenvalue weighted by Gasteiger charge is -2.10. The first-order valence-electron chi connectivity index (χ1n) is 10.2. The molecule has 0 saturated carbocycles. The summed E-state index contributed by atoms with van der Waals surface area (Å²) in [5.74, 6) is 1.74. The molecule has 2 aromatic heterocycles. The summed E-state index contributed by atoms with van der Waals surface area (Å²) in [7, 11) is 0. The highest BCUT2D eigenvalue weighted by Gasteiger charge is 2.18. The van der Waals surface area contributed by atoms with Crippen molar-refractivity contribution in [3.05, 3.63) is 78.6 Å². The number of anilines is 1. The van der Waals surface area contributed by atoms with Gasteiger partial charge in [-0.15, -0.1) is 10.2 Å². The normalized spacial score (nSPS) is 10.8. The highest BCUT2D eigenvalue weighted by atomic mass is 32.2. The van der Waals surface area contributed by atoms with Crippen LogP contribution in [0.15, 0.2) is 82.6 Å². The summed E-state index contributed by atoms with van der Waals surface area (Å²) in [6.45, 7) is 1.49. The number of furan rings is 1. The predicted octanol–water partition coefficient (Wildman–Crippen LogP) is 5.24. The molecule has 0 spiro atoms. The third-order valence-electron chi connectivity index (χ3n) is 4.75. The van der Waals surface area contributed by atoms with E-state index in [2.05, 4.69) is 15.5 Å². The van der Waals surface area contributed by atoms with Gasteiger partial charge in [0.2, 0.25) is 11.7 Å². The second-order valence-corrected chi connectivity index (χ2v) is 8.12. The Bertz CT molecular complexity index is 1200. The van der Waals surface area contributed by atoms with Crippen molar-refractivity contribution in [3.8, 4) is 17.3 Å². The molecule has 0 aliphatic carbocycles. The van der Waals surface area contributed by atoms with E-state index in [9.17, 15) is 9.59 Å². The van der Waals surface area contributed by atoms with Gasteiger partial charge in [0.05, 0.1) is 12.0 Å². The maximum absolute atomic E-state index is 12.4. The zero-order valence-electron chi connectivity index (χ0n) is 17.5. The van der Waals surface area contributed by atoms with Crippen molar-refractivity contribution < 1.29 is 14.0 Å². The third-order valence-corrected chi connectivity index (χ3v) is 5.76. The van der Waals surface area contributed by atoms with E-state index in [0.29, 0.717) is 41.4 Å². The van der Waals surface area contributed by atoms with Crippen molar-refractivity contribution in [1.82, 2.24) is 14.8 Å². The molecule has 0 aliphatic rings. The Balaban J connectivity index is 1.40. The number of thioether (sulfide) groups is 1. The Kier molecular flexibility index (Phi) is 6.81. The first kappa shape index (κ1) is 21.6. The molecule has 1 amide bonds. The topological polar surface area (TPSA) is 90.0 Å². The second-order valence-electron chi connectivity index (χ2n) is 7.06. The standard InChI is InChI=1S/C24H22N4O3S/c1-17(29)19-11-5-6-12-20(19)25-22(30)14-8-16-32-24-27-26-23(21-13-7-15-31-21)28(24)18-9-3-2-4-10-18/h2-7,9-13,15H,8,14,16H2,1H3,(H,25,30). The molecular weight excluding hydrogens is 424 g/mol. The summed E-state index contributed by atoms with van der Waals surface area (Å²) in [5.41, 5.74) is 1.99. The molecule has 0 radical (unpaired) electrons. The van der Waals surface area contributed by atoms with Crippen molar-refractivity contribution in [2.24, 2.45) is 0 Å². The van der Waals surface area contributed by atoms with Crippen LogP contribution in [0.3, 0.4) is 0 Å². The van der Waals surface area contributed by atoms with E-state index in [1.54, 1.807) is 30.5 Å². The summed E-state index contributed by atoms with van der Waals surface area (Å²) >= 11 is 1.53. The average Bonchev–Trinajstić information content (AvgIpc) is 3.47. The van der Waals surface area contributed by atoms with Crippen LogP contribution >= 0.6 is 11.8 Å². The van der Waals surface area contributed by atoms with Crippen LogP contribution < -0.4 is 5.32 Å². The Hall–Kier alpha value is -3.65. The smallest absolute Gasteiger partial charge is 0.224 e. The number of ketones is 1. The van der Waals surface area contributed by atoms with Gasteiger partial charge < -0.3 is 9.73 Å². The zero-order chi connectivity index (χ0) is 22.3. The second kappa shape index (κ2) is 10.1. The number of benzene rings is 2. The van der Waals surface area contributed by atoms with Gasteiger partial charge in [0.1, 0.15) is 0 Å². The van der Waals surface area contributed by atoms with Gasteiger partial charge in [0, 0.05) is 23.4 Å². The fraction of sp³-hybridized carbons (Fsp3) is 0.167. The molecule has 32 heavy (non-hydrogen) atoms. The maximum atomic E-state index is 12.4. The molecule has 4 aromatic rings. The molecule has 0 aliphatic heterocycles. The molecule has 0 fully saturated rings. The van der Waals surface area contributed by atoms with Crippen LogP contribution in [0.4, 0.5) is 5.69 Å². The number of aromatic nitrogens is 3. The molecule has 2 heterocycles. The summed E-state index contributed by atoms with van der Waals surface area (Å²) < 4.78 is 7.48. The van der Waals surface area contributed by atoms with Crippen molar-refractivity contribution in [1.29, 1.82) is 0 Å². The molecule has 4 rings (SSSR count). The van der Waals surface area contributed by atoms with E-state index < -0.39 is 0 Å². The van der Waals surface area contributed by atoms with Crippen molar-refractivity contribution in [2.75, 3.05) is 11.1 Å².